The number of esters is 4. The molecule has 0 N–H and O–H groups in total. The SMILES string of the molecule is CC(=O)OC[C@@H](OC(C)=O)[C@@H](OS(C)(=O)=O)[C@H](OS(C)(=O)=O)[C@@H](COC(C)=O)OC(C)=O. The molecule has 0 aliphatic carbocycles. The number of rotatable bonds is 13. The van der Waals surface area contributed by atoms with E-state index in [2.05, 4.69) is 0 Å². The van der Waals surface area contributed by atoms with Gasteiger partial charge >= 0.3 is 23.9 Å². The molecular weight excluding hydrogens is 480 g/mol. The topological polar surface area (TPSA) is 192 Å². The zero-order valence-corrected chi connectivity index (χ0v) is 19.9. The maximum Gasteiger partial charge on any atom is 0.303 e. The molecule has 0 aliphatic heterocycles. The Morgan fingerprint density at radius 1 is 0.594 bits per heavy atom. The highest BCUT2D eigenvalue weighted by Crippen LogP contribution is 2.23. The molecule has 0 amide bonds. The molecule has 0 unspecified atom stereocenters. The van der Waals surface area contributed by atoms with Gasteiger partial charge in [0, 0.05) is 27.7 Å². The van der Waals surface area contributed by atoms with Gasteiger partial charge in [0.1, 0.15) is 25.4 Å². The van der Waals surface area contributed by atoms with Crippen molar-refractivity contribution >= 4 is 44.1 Å². The molecule has 0 radical (unpaired) electrons. The van der Waals surface area contributed by atoms with Crippen molar-refractivity contribution in [3.8, 4) is 0 Å². The standard InChI is InChI=1S/C16H26O14S2/c1-9(17)25-7-13(27-11(3)19)15(29-31(5,21)22)16(30-32(6,23)24)14(28-12(4)20)8-26-10(2)18/h13-16H,7-8H2,1-6H3/t13-,14-,15-,16-/m1/s1. The van der Waals surface area contributed by atoms with Gasteiger partial charge in [0.05, 0.1) is 12.5 Å². The van der Waals surface area contributed by atoms with Gasteiger partial charge in [-0.1, -0.05) is 0 Å². The predicted octanol–water partition coefficient (Wildman–Crippen LogP) is -1.33. The molecular formula is C16H26O14S2. The summed E-state index contributed by atoms with van der Waals surface area (Å²) in [6.45, 7) is 2.33. The van der Waals surface area contributed by atoms with E-state index in [1.165, 1.54) is 0 Å². The first-order valence-corrected chi connectivity index (χ1v) is 12.4. The molecule has 0 spiro atoms. The summed E-state index contributed by atoms with van der Waals surface area (Å²) in [7, 11) is -8.78. The monoisotopic (exact) mass is 506 g/mol. The summed E-state index contributed by atoms with van der Waals surface area (Å²) in [5, 5.41) is 0. The van der Waals surface area contributed by atoms with E-state index >= 15 is 0 Å². The lowest BCUT2D eigenvalue weighted by molar-refractivity contribution is -0.179. The molecule has 0 bridgehead atoms. The molecule has 186 valence electrons. The normalized spacial score (nSPS) is 15.6. The first-order chi connectivity index (χ1) is 14.4. The van der Waals surface area contributed by atoms with Crippen molar-refractivity contribution < 1.29 is 63.3 Å². The smallest absolute Gasteiger partial charge is 0.303 e. The van der Waals surface area contributed by atoms with Crippen LogP contribution in [0.15, 0.2) is 0 Å². The van der Waals surface area contributed by atoms with Crippen LogP contribution < -0.4 is 0 Å². The van der Waals surface area contributed by atoms with Crippen LogP contribution in [-0.2, 0) is 66.7 Å². The molecule has 0 fully saturated rings. The van der Waals surface area contributed by atoms with Gasteiger partial charge in [0.15, 0.2) is 12.2 Å². The highest BCUT2D eigenvalue weighted by Gasteiger charge is 2.45. The number of hydrogen-bond acceptors (Lipinski definition) is 14. The van der Waals surface area contributed by atoms with Gasteiger partial charge in [-0.3, -0.25) is 27.5 Å². The fourth-order valence-corrected chi connectivity index (χ4v) is 3.55. The Hall–Kier alpha value is -2.30. The Morgan fingerprint density at radius 2 is 0.875 bits per heavy atom. The maximum atomic E-state index is 11.9. The lowest BCUT2D eigenvalue weighted by atomic mass is 10.0. The van der Waals surface area contributed by atoms with Gasteiger partial charge in [-0.05, 0) is 0 Å². The predicted molar refractivity (Wildman–Crippen MR) is 104 cm³/mol. The molecule has 0 heterocycles. The van der Waals surface area contributed by atoms with Crippen molar-refractivity contribution in [3.63, 3.8) is 0 Å². The Labute approximate surface area is 185 Å². The summed E-state index contributed by atoms with van der Waals surface area (Å²) in [5.74, 6) is -3.66. The fraction of sp³-hybridized carbons (Fsp3) is 0.750. The van der Waals surface area contributed by atoms with Crippen molar-refractivity contribution in [2.45, 2.75) is 52.1 Å². The average Bonchev–Trinajstić information content (AvgIpc) is 2.56. The number of carbonyl (C=O) groups excluding carboxylic acids is 4. The first-order valence-electron chi connectivity index (χ1n) is 8.79. The zero-order chi connectivity index (χ0) is 25.3. The molecule has 32 heavy (non-hydrogen) atoms. The Morgan fingerprint density at radius 3 is 1.06 bits per heavy atom. The van der Waals surface area contributed by atoms with Gasteiger partial charge in [-0.15, -0.1) is 0 Å². The largest absolute Gasteiger partial charge is 0.462 e. The molecule has 4 atom stereocenters. The van der Waals surface area contributed by atoms with E-state index < -0.39 is 81.7 Å². The van der Waals surface area contributed by atoms with Crippen LogP contribution in [0.4, 0.5) is 0 Å². The molecule has 0 aromatic rings. The van der Waals surface area contributed by atoms with Crippen LogP contribution >= 0.6 is 0 Å². The number of hydrogen-bond donors (Lipinski definition) is 0. The van der Waals surface area contributed by atoms with Crippen LogP contribution in [0, 0.1) is 0 Å². The third-order valence-electron chi connectivity index (χ3n) is 3.16. The van der Waals surface area contributed by atoms with Crippen LogP contribution in [0.2, 0.25) is 0 Å². The van der Waals surface area contributed by atoms with Crippen LogP contribution in [0.5, 0.6) is 0 Å². The Bertz CT molecular complexity index is 818. The summed E-state index contributed by atoms with van der Waals surface area (Å²) in [5.41, 5.74) is 0. The zero-order valence-electron chi connectivity index (χ0n) is 18.3. The van der Waals surface area contributed by atoms with E-state index in [0.717, 1.165) is 27.7 Å². The van der Waals surface area contributed by atoms with Crippen LogP contribution in [0.3, 0.4) is 0 Å². The molecule has 0 aromatic carbocycles. The first kappa shape index (κ1) is 29.7. The third-order valence-corrected chi connectivity index (χ3v) is 4.31. The molecule has 0 aliphatic rings. The molecule has 0 rings (SSSR count). The Kier molecular flexibility index (Phi) is 11.8. The van der Waals surface area contributed by atoms with E-state index in [0.29, 0.717) is 12.5 Å². The van der Waals surface area contributed by atoms with Crippen LogP contribution in [-0.4, -0.2) is 90.9 Å². The second-order valence-electron chi connectivity index (χ2n) is 6.43. The molecule has 0 saturated heterocycles. The lowest BCUT2D eigenvalue weighted by Gasteiger charge is -2.34. The quantitative estimate of drug-likeness (QED) is 0.162. The van der Waals surface area contributed by atoms with Crippen molar-refractivity contribution in [2.24, 2.45) is 0 Å². The van der Waals surface area contributed by atoms with Gasteiger partial charge in [-0.25, -0.2) is 0 Å². The summed E-state index contributed by atoms with van der Waals surface area (Å²) in [6.07, 6.45) is -6.34. The van der Waals surface area contributed by atoms with Crippen LogP contribution in [0.1, 0.15) is 27.7 Å². The summed E-state index contributed by atoms with van der Waals surface area (Å²) < 4.78 is 76.7. The summed E-state index contributed by atoms with van der Waals surface area (Å²) in [4.78, 5) is 45.6. The average molecular weight is 507 g/mol. The highest BCUT2D eigenvalue weighted by molar-refractivity contribution is 7.86. The van der Waals surface area contributed by atoms with E-state index in [4.69, 9.17) is 27.3 Å². The van der Waals surface area contributed by atoms with E-state index in [-0.39, 0.29) is 0 Å². The Balaban J connectivity index is 6.59. The minimum absolute atomic E-state index is 0.598. The van der Waals surface area contributed by atoms with E-state index in [1.807, 2.05) is 0 Å². The fourth-order valence-electron chi connectivity index (χ4n) is 2.28. The van der Waals surface area contributed by atoms with Gasteiger partial charge < -0.3 is 18.9 Å². The van der Waals surface area contributed by atoms with Crippen molar-refractivity contribution in [1.29, 1.82) is 0 Å². The minimum atomic E-state index is -4.39. The molecule has 0 saturated carbocycles. The highest BCUT2D eigenvalue weighted by atomic mass is 32.2. The van der Waals surface area contributed by atoms with E-state index in [9.17, 15) is 36.0 Å². The van der Waals surface area contributed by atoms with Crippen molar-refractivity contribution in [1.82, 2.24) is 0 Å². The lowest BCUT2D eigenvalue weighted by Crippen LogP contribution is -2.54. The van der Waals surface area contributed by atoms with Crippen LogP contribution in [0.25, 0.3) is 0 Å². The van der Waals surface area contributed by atoms with E-state index in [1.54, 1.807) is 0 Å². The maximum absolute atomic E-state index is 11.9. The number of carbonyl (C=O) groups is 4. The minimum Gasteiger partial charge on any atom is -0.462 e. The van der Waals surface area contributed by atoms with Gasteiger partial charge in [-0.2, -0.15) is 16.8 Å². The molecule has 0 aromatic heterocycles. The van der Waals surface area contributed by atoms with Gasteiger partial charge in [0.2, 0.25) is 0 Å². The second-order valence-corrected chi connectivity index (χ2v) is 9.63. The summed E-state index contributed by atoms with van der Waals surface area (Å²) in [6, 6.07) is 0. The molecule has 16 heteroatoms. The third kappa shape index (κ3) is 13.9. The van der Waals surface area contributed by atoms with Crippen molar-refractivity contribution in [3.05, 3.63) is 0 Å². The second kappa shape index (κ2) is 12.7. The van der Waals surface area contributed by atoms with Crippen molar-refractivity contribution in [2.75, 3.05) is 25.7 Å². The van der Waals surface area contributed by atoms with Gasteiger partial charge in [0.25, 0.3) is 20.2 Å². The number of ether oxygens (including phenoxy) is 4. The molecule has 14 nitrogen and oxygen atoms in total. The summed E-state index contributed by atoms with van der Waals surface area (Å²) >= 11 is 0.